The van der Waals surface area contributed by atoms with E-state index in [9.17, 15) is 0 Å². The second kappa shape index (κ2) is 8.43. The van der Waals surface area contributed by atoms with Crippen LogP contribution in [0.4, 0.5) is 5.69 Å². The van der Waals surface area contributed by atoms with Crippen LogP contribution in [0.3, 0.4) is 0 Å². The van der Waals surface area contributed by atoms with Crippen molar-refractivity contribution in [2.45, 2.75) is 24.3 Å². The predicted molar refractivity (Wildman–Crippen MR) is 118 cm³/mol. The van der Waals surface area contributed by atoms with Gasteiger partial charge in [0.15, 0.2) is 5.11 Å². The fraction of sp³-hybridized carbons (Fsp3) is 0.273. The van der Waals surface area contributed by atoms with Crippen molar-refractivity contribution in [3.8, 4) is 17.3 Å². The lowest BCUT2D eigenvalue weighted by molar-refractivity contribution is 0.0624. The number of benzene rings is 2. The van der Waals surface area contributed by atoms with Crippen LogP contribution in [0.25, 0.3) is 11.3 Å². The minimum absolute atomic E-state index is 0.0457. The van der Waals surface area contributed by atoms with E-state index in [1.165, 1.54) is 0 Å². The maximum Gasteiger partial charge on any atom is 0.171 e. The van der Waals surface area contributed by atoms with Crippen LogP contribution in [0.15, 0.2) is 60.8 Å². The van der Waals surface area contributed by atoms with Crippen LogP contribution in [-0.4, -0.2) is 51.6 Å². The molecule has 4 atom stereocenters. The van der Waals surface area contributed by atoms with E-state index in [2.05, 4.69) is 27.0 Å². The average Bonchev–Trinajstić information content (AvgIpc) is 3.52. The Morgan fingerprint density at radius 3 is 2.77 bits per heavy atom. The van der Waals surface area contributed by atoms with Crippen molar-refractivity contribution >= 4 is 23.0 Å². The van der Waals surface area contributed by atoms with Gasteiger partial charge in [0.25, 0.3) is 0 Å². The van der Waals surface area contributed by atoms with Gasteiger partial charge < -0.3 is 20.1 Å². The normalized spacial score (nSPS) is 24.4. The Kier molecular flexibility index (Phi) is 5.34. The van der Waals surface area contributed by atoms with Crippen LogP contribution in [-0.2, 0) is 9.47 Å². The summed E-state index contributed by atoms with van der Waals surface area (Å²) in [7, 11) is 0. The number of rotatable bonds is 4. The summed E-state index contributed by atoms with van der Waals surface area (Å²) in [5.41, 5.74) is 3.17. The number of thiocarbonyl (C=S) groups is 1. The van der Waals surface area contributed by atoms with Gasteiger partial charge in [0.1, 0.15) is 23.9 Å². The van der Waals surface area contributed by atoms with Gasteiger partial charge in [0.05, 0.1) is 37.1 Å². The molecule has 0 saturated carbocycles. The van der Waals surface area contributed by atoms with Gasteiger partial charge in [-0.2, -0.15) is 5.26 Å². The molecule has 0 aliphatic carbocycles. The maximum absolute atomic E-state index is 9.04. The van der Waals surface area contributed by atoms with Crippen LogP contribution in [0.2, 0.25) is 0 Å². The molecule has 3 aromatic rings. The zero-order chi connectivity index (χ0) is 21.2. The van der Waals surface area contributed by atoms with Crippen molar-refractivity contribution in [2.24, 2.45) is 0 Å². The summed E-state index contributed by atoms with van der Waals surface area (Å²) >= 11 is 5.45. The van der Waals surface area contributed by atoms with Crippen molar-refractivity contribution in [2.75, 3.05) is 18.5 Å². The van der Waals surface area contributed by atoms with Crippen LogP contribution >= 0.6 is 12.2 Å². The van der Waals surface area contributed by atoms with Gasteiger partial charge in [-0.15, -0.1) is 5.10 Å². The number of ether oxygens (including phenoxy) is 2. The number of anilines is 1. The highest BCUT2D eigenvalue weighted by Crippen LogP contribution is 2.34. The van der Waals surface area contributed by atoms with Gasteiger partial charge in [-0.05, 0) is 30.4 Å². The summed E-state index contributed by atoms with van der Waals surface area (Å²) in [5.74, 6) is 0. The SMILES string of the molecule is N#Cc1cccc(NC(=S)NC2COC3C2OCC3n2cc(-c3ccccc3)nn2)c1. The van der Waals surface area contributed by atoms with Crippen LogP contribution in [0.5, 0.6) is 0 Å². The highest BCUT2D eigenvalue weighted by Gasteiger charge is 2.49. The molecule has 0 radical (unpaired) electrons. The summed E-state index contributed by atoms with van der Waals surface area (Å²) in [6, 6.07) is 19.1. The van der Waals surface area contributed by atoms with E-state index < -0.39 is 0 Å². The molecule has 0 bridgehead atoms. The van der Waals surface area contributed by atoms with E-state index in [1.54, 1.807) is 12.1 Å². The molecule has 8 nitrogen and oxygen atoms in total. The molecule has 4 unspecified atom stereocenters. The van der Waals surface area contributed by atoms with Crippen LogP contribution in [0.1, 0.15) is 11.6 Å². The fourth-order valence-electron chi connectivity index (χ4n) is 4.01. The Morgan fingerprint density at radius 1 is 1.10 bits per heavy atom. The molecule has 3 heterocycles. The number of nitriles is 1. The highest BCUT2D eigenvalue weighted by atomic mass is 32.1. The lowest BCUT2D eigenvalue weighted by atomic mass is 10.1. The summed E-state index contributed by atoms with van der Waals surface area (Å²) in [4.78, 5) is 0. The number of hydrogen-bond acceptors (Lipinski definition) is 6. The smallest absolute Gasteiger partial charge is 0.171 e. The van der Waals surface area contributed by atoms with Gasteiger partial charge in [-0.3, -0.25) is 0 Å². The van der Waals surface area contributed by atoms with Gasteiger partial charge in [-0.1, -0.05) is 41.6 Å². The van der Waals surface area contributed by atoms with E-state index >= 15 is 0 Å². The first-order valence-corrected chi connectivity index (χ1v) is 10.4. The van der Waals surface area contributed by atoms with Gasteiger partial charge in [0, 0.05) is 11.3 Å². The van der Waals surface area contributed by atoms with Gasteiger partial charge >= 0.3 is 0 Å². The second-order valence-corrected chi connectivity index (χ2v) is 7.92. The summed E-state index contributed by atoms with van der Waals surface area (Å²) < 4.78 is 13.9. The molecular weight excluding hydrogens is 412 g/mol. The fourth-order valence-corrected chi connectivity index (χ4v) is 4.28. The zero-order valence-electron chi connectivity index (χ0n) is 16.5. The van der Waals surface area contributed by atoms with Crippen LogP contribution < -0.4 is 10.6 Å². The first-order chi connectivity index (χ1) is 15.2. The van der Waals surface area contributed by atoms with Gasteiger partial charge in [0.2, 0.25) is 0 Å². The maximum atomic E-state index is 9.04. The molecule has 1 aromatic heterocycles. The highest BCUT2D eigenvalue weighted by molar-refractivity contribution is 7.80. The Balaban J connectivity index is 1.22. The number of hydrogen-bond donors (Lipinski definition) is 2. The molecule has 0 amide bonds. The lowest BCUT2D eigenvalue weighted by Gasteiger charge is -2.20. The standard InChI is InChI=1S/C22H20N6O2S/c23-10-14-5-4-8-16(9-14)24-22(31)25-18-12-29-21-19(13-30-20(18)21)28-11-17(26-27-28)15-6-2-1-3-7-15/h1-9,11,18-21H,12-13H2,(H2,24,25,31). The summed E-state index contributed by atoms with van der Waals surface area (Å²) in [6.45, 7) is 0.974. The molecule has 2 N–H and O–H groups in total. The quantitative estimate of drug-likeness (QED) is 0.607. The van der Waals surface area contributed by atoms with Crippen molar-refractivity contribution in [1.29, 1.82) is 5.26 Å². The molecule has 2 saturated heterocycles. The first kappa shape index (κ1) is 19.6. The van der Waals surface area contributed by atoms with Crippen molar-refractivity contribution in [3.05, 3.63) is 66.4 Å². The molecule has 0 spiro atoms. The van der Waals surface area contributed by atoms with Crippen molar-refractivity contribution < 1.29 is 9.47 Å². The molecule has 2 aromatic carbocycles. The Bertz CT molecular complexity index is 1130. The number of nitrogens with one attached hydrogen (secondary N) is 2. The average molecular weight is 433 g/mol. The predicted octanol–water partition coefficient (Wildman–Crippen LogP) is 2.51. The lowest BCUT2D eigenvalue weighted by Crippen LogP contribution is -2.45. The monoisotopic (exact) mass is 432 g/mol. The minimum atomic E-state index is -0.139. The van der Waals surface area contributed by atoms with Crippen molar-refractivity contribution in [1.82, 2.24) is 20.3 Å². The third-order valence-electron chi connectivity index (χ3n) is 5.51. The molecule has 31 heavy (non-hydrogen) atoms. The molecular formula is C22H20N6O2S. The molecule has 9 heteroatoms. The zero-order valence-corrected chi connectivity index (χ0v) is 17.3. The van der Waals surface area contributed by atoms with E-state index in [0.29, 0.717) is 23.9 Å². The van der Waals surface area contributed by atoms with Crippen molar-refractivity contribution in [3.63, 3.8) is 0 Å². The third kappa shape index (κ3) is 4.01. The van der Waals surface area contributed by atoms with E-state index in [1.807, 2.05) is 53.3 Å². The summed E-state index contributed by atoms with van der Waals surface area (Å²) in [6.07, 6.45) is 1.66. The first-order valence-electron chi connectivity index (χ1n) is 9.99. The number of nitrogens with zero attached hydrogens (tertiary/aromatic N) is 4. The Labute approximate surface area is 184 Å². The molecule has 2 aliphatic heterocycles. The number of aromatic nitrogens is 3. The van der Waals surface area contributed by atoms with Crippen LogP contribution in [0, 0.1) is 11.3 Å². The van der Waals surface area contributed by atoms with E-state index in [4.69, 9.17) is 27.0 Å². The topological polar surface area (TPSA) is 97.0 Å². The Morgan fingerprint density at radius 2 is 1.94 bits per heavy atom. The largest absolute Gasteiger partial charge is 0.371 e. The molecule has 2 fully saturated rings. The number of fused-ring (bicyclic) bond motifs is 1. The van der Waals surface area contributed by atoms with Gasteiger partial charge in [-0.25, -0.2) is 4.68 Å². The van der Waals surface area contributed by atoms with E-state index in [-0.39, 0.29) is 24.3 Å². The van der Waals surface area contributed by atoms with E-state index in [0.717, 1.165) is 16.9 Å². The minimum Gasteiger partial charge on any atom is -0.371 e. The molecule has 5 rings (SSSR count). The molecule has 156 valence electrons. The molecule has 2 aliphatic rings. The third-order valence-corrected chi connectivity index (χ3v) is 5.73. The Hall–Kier alpha value is -3.32. The second-order valence-electron chi connectivity index (χ2n) is 7.51. The summed E-state index contributed by atoms with van der Waals surface area (Å²) in [5, 5.41) is 24.5.